The summed E-state index contributed by atoms with van der Waals surface area (Å²) in [5.74, 6) is 1.38. The van der Waals surface area contributed by atoms with E-state index in [9.17, 15) is 4.79 Å². The molecular weight excluding hydrogens is 392 g/mol. The number of carbonyl (C=O) groups excluding carboxylic acids is 1. The first-order valence-corrected chi connectivity index (χ1v) is 9.33. The third-order valence-corrected chi connectivity index (χ3v) is 4.86. The van der Waals surface area contributed by atoms with E-state index >= 15 is 0 Å². The van der Waals surface area contributed by atoms with Crippen molar-refractivity contribution in [2.75, 3.05) is 7.11 Å². The smallest absolute Gasteiger partial charge is 0.315 e. The Balaban J connectivity index is 1.84. The minimum Gasteiger partial charge on any atom is -0.496 e. The Bertz CT molecular complexity index is 930. The fourth-order valence-corrected chi connectivity index (χ4v) is 3.33. The Labute approximate surface area is 162 Å². The maximum atomic E-state index is 12.5. The maximum Gasteiger partial charge on any atom is 0.315 e. The molecule has 0 atom stereocenters. The van der Waals surface area contributed by atoms with E-state index in [0.717, 1.165) is 20.8 Å². The van der Waals surface area contributed by atoms with Crippen LogP contribution >= 0.6 is 15.9 Å². The van der Waals surface area contributed by atoms with Crippen LogP contribution < -0.4 is 9.47 Å². The molecule has 26 heavy (non-hydrogen) atoms. The predicted octanol–water partition coefficient (Wildman–Crippen LogP) is 5.88. The molecule has 0 saturated heterocycles. The fraction of sp³-hybridized carbons (Fsp3) is 0.227. The zero-order valence-electron chi connectivity index (χ0n) is 15.1. The first-order valence-electron chi connectivity index (χ1n) is 8.53. The summed E-state index contributed by atoms with van der Waals surface area (Å²) >= 11 is 3.48. The molecule has 0 unspecified atom stereocenters. The molecule has 0 aliphatic rings. The lowest BCUT2D eigenvalue weighted by atomic mass is 10.0. The van der Waals surface area contributed by atoms with E-state index in [1.54, 1.807) is 7.11 Å². The van der Waals surface area contributed by atoms with Crippen molar-refractivity contribution in [3.05, 3.63) is 70.2 Å². The number of ether oxygens (including phenoxy) is 2. The van der Waals surface area contributed by atoms with Gasteiger partial charge in [-0.15, -0.1) is 0 Å². The van der Waals surface area contributed by atoms with Crippen LogP contribution in [0, 0.1) is 0 Å². The topological polar surface area (TPSA) is 35.5 Å². The number of halogens is 1. The maximum absolute atomic E-state index is 12.5. The molecule has 3 aromatic rings. The Morgan fingerprint density at radius 2 is 1.77 bits per heavy atom. The zero-order valence-corrected chi connectivity index (χ0v) is 16.7. The zero-order chi connectivity index (χ0) is 18.7. The summed E-state index contributed by atoms with van der Waals surface area (Å²) in [6.07, 6.45) is 0.147. The van der Waals surface area contributed by atoms with E-state index in [1.807, 2.05) is 54.6 Å². The number of carbonyl (C=O) groups is 1. The molecule has 0 radical (unpaired) electrons. The van der Waals surface area contributed by atoms with Crippen molar-refractivity contribution >= 4 is 32.7 Å². The Morgan fingerprint density at radius 3 is 2.42 bits per heavy atom. The molecule has 0 bridgehead atoms. The summed E-state index contributed by atoms with van der Waals surface area (Å²) in [5, 5.41) is 2.03. The average Bonchev–Trinajstić information content (AvgIpc) is 2.62. The number of methoxy groups -OCH3 is 1. The number of benzene rings is 3. The van der Waals surface area contributed by atoms with Gasteiger partial charge >= 0.3 is 5.97 Å². The van der Waals surface area contributed by atoms with Crippen molar-refractivity contribution in [1.29, 1.82) is 0 Å². The second-order valence-corrected chi connectivity index (χ2v) is 7.40. The third kappa shape index (κ3) is 4.07. The number of fused-ring (bicyclic) bond motifs is 1. The van der Waals surface area contributed by atoms with E-state index in [0.29, 0.717) is 17.4 Å². The van der Waals surface area contributed by atoms with Crippen LogP contribution in [0.25, 0.3) is 10.8 Å². The number of hydrogen-bond acceptors (Lipinski definition) is 3. The quantitative estimate of drug-likeness (QED) is 0.387. The SMILES string of the molecule is COc1ccc2cc(Br)ccc2c1CC(=O)Oc1ccc(C(C)C)cc1. The lowest BCUT2D eigenvalue weighted by molar-refractivity contribution is -0.133. The molecular formula is C22H21BrO3. The van der Waals surface area contributed by atoms with Gasteiger partial charge in [0.25, 0.3) is 0 Å². The molecule has 0 heterocycles. The predicted molar refractivity (Wildman–Crippen MR) is 108 cm³/mol. The lowest BCUT2D eigenvalue weighted by Gasteiger charge is -2.13. The van der Waals surface area contributed by atoms with Crippen molar-refractivity contribution in [2.24, 2.45) is 0 Å². The van der Waals surface area contributed by atoms with Crippen molar-refractivity contribution in [3.63, 3.8) is 0 Å². The second-order valence-electron chi connectivity index (χ2n) is 6.49. The summed E-state index contributed by atoms with van der Waals surface area (Å²) in [4.78, 5) is 12.5. The van der Waals surface area contributed by atoms with Gasteiger partial charge in [-0.1, -0.05) is 54.0 Å². The van der Waals surface area contributed by atoms with E-state index in [4.69, 9.17) is 9.47 Å². The highest BCUT2D eigenvalue weighted by Gasteiger charge is 2.15. The van der Waals surface area contributed by atoms with Crippen LogP contribution in [0.15, 0.2) is 59.1 Å². The van der Waals surface area contributed by atoms with Gasteiger partial charge in [0.1, 0.15) is 11.5 Å². The summed E-state index contributed by atoms with van der Waals surface area (Å²) in [6, 6.07) is 17.5. The number of rotatable bonds is 5. The molecule has 0 spiro atoms. The van der Waals surface area contributed by atoms with Crippen LogP contribution in [-0.2, 0) is 11.2 Å². The lowest BCUT2D eigenvalue weighted by Crippen LogP contribution is -2.12. The average molecular weight is 413 g/mol. The molecule has 0 fully saturated rings. The van der Waals surface area contributed by atoms with Gasteiger partial charge in [-0.05, 0) is 52.6 Å². The van der Waals surface area contributed by atoms with E-state index in [-0.39, 0.29) is 12.4 Å². The largest absolute Gasteiger partial charge is 0.496 e. The Morgan fingerprint density at radius 1 is 1.04 bits per heavy atom. The molecule has 0 aliphatic carbocycles. The fourth-order valence-electron chi connectivity index (χ4n) is 2.95. The monoisotopic (exact) mass is 412 g/mol. The first kappa shape index (κ1) is 18.5. The van der Waals surface area contributed by atoms with Gasteiger partial charge < -0.3 is 9.47 Å². The Kier molecular flexibility index (Phi) is 5.62. The van der Waals surface area contributed by atoms with Gasteiger partial charge in [0.2, 0.25) is 0 Å². The summed E-state index contributed by atoms with van der Waals surface area (Å²) in [7, 11) is 1.61. The molecule has 0 aliphatic heterocycles. The van der Waals surface area contributed by atoms with E-state index in [1.165, 1.54) is 5.56 Å². The van der Waals surface area contributed by atoms with Gasteiger partial charge in [-0.2, -0.15) is 0 Å². The van der Waals surface area contributed by atoms with Crippen LogP contribution in [0.4, 0.5) is 0 Å². The van der Waals surface area contributed by atoms with Crippen LogP contribution in [-0.4, -0.2) is 13.1 Å². The standard InChI is InChI=1S/C22H21BrO3/c1-14(2)15-4-8-18(9-5-15)26-22(24)13-20-19-10-7-17(23)12-16(19)6-11-21(20)25-3/h4-12,14H,13H2,1-3H3. The summed E-state index contributed by atoms with van der Waals surface area (Å²) in [6.45, 7) is 4.26. The van der Waals surface area contributed by atoms with Gasteiger partial charge in [0.15, 0.2) is 0 Å². The van der Waals surface area contributed by atoms with Crippen LogP contribution in [0.5, 0.6) is 11.5 Å². The highest BCUT2D eigenvalue weighted by molar-refractivity contribution is 9.10. The third-order valence-electron chi connectivity index (χ3n) is 4.37. The molecule has 0 aromatic heterocycles. The molecule has 3 nitrogen and oxygen atoms in total. The second kappa shape index (κ2) is 7.92. The molecule has 4 heteroatoms. The van der Waals surface area contributed by atoms with Gasteiger partial charge in [0.05, 0.1) is 13.5 Å². The van der Waals surface area contributed by atoms with Crippen molar-refractivity contribution < 1.29 is 14.3 Å². The van der Waals surface area contributed by atoms with Crippen LogP contribution in [0.3, 0.4) is 0 Å². The molecule has 0 amide bonds. The first-order chi connectivity index (χ1) is 12.5. The highest BCUT2D eigenvalue weighted by Crippen LogP contribution is 2.31. The van der Waals surface area contributed by atoms with Gasteiger partial charge in [-0.3, -0.25) is 4.79 Å². The minimum absolute atomic E-state index is 0.147. The minimum atomic E-state index is -0.309. The molecule has 0 saturated carbocycles. The summed E-state index contributed by atoms with van der Waals surface area (Å²) < 4.78 is 12.0. The van der Waals surface area contributed by atoms with Crippen LogP contribution in [0.2, 0.25) is 0 Å². The van der Waals surface area contributed by atoms with E-state index in [2.05, 4.69) is 29.8 Å². The van der Waals surface area contributed by atoms with Gasteiger partial charge in [-0.25, -0.2) is 0 Å². The molecule has 0 N–H and O–H groups in total. The normalized spacial score (nSPS) is 11.0. The van der Waals surface area contributed by atoms with Crippen molar-refractivity contribution in [3.8, 4) is 11.5 Å². The van der Waals surface area contributed by atoms with Crippen LogP contribution in [0.1, 0.15) is 30.9 Å². The molecule has 3 aromatic carbocycles. The number of hydrogen-bond donors (Lipinski definition) is 0. The highest BCUT2D eigenvalue weighted by atomic mass is 79.9. The van der Waals surface area contributed by atoms with E-state index < -0.39 is 0 Å². The molecule has 3 rings (SSSR count). The van der Waals surface area contributed by atoms with Gasteiger partial charge in [0, 0.05) is 10.0 Å². The number of esters is 1. The summed E-state index contributed by atoms with van der Waals surface area (Å²) in [5.41, 5.74) is 2.05. The van der Waals surface area contributed by atoms with Crippen molar-refractivity contribution in [1.82, 2.24) is 0 Å². The van der Waals surface area contributed by atoms with Crippen molar-refractivity contribution in [2.45, 2.75) is 26.2 Å². The Hall–Kier alpha value is -2.33. The molecule has 134 valence electrons.